The van der Waals surface area contributed by atoms with E-state index in [-0.39, 0.29) is 58.8 Å². The summed E-state index contributed by atoms with van der Waals surface area (Å²) in [6.07, 6.45) is 0. The van der Waals surface area contributed by atoms with Gasteiger partial charge in [-0.15, -0.1) is 0 Å². The van der Waals surface area contributed by atoms with E-state index in [1.807, 2.05) is 72.8 Å². The SMILES string of the molecule is [2H]c1c([2H])c(-c2cccc3ccccc23)c([2H])c(N(c2ccc3c(c2)C(C)(C)c2ccccc2-3)c2c([2H])c([2H])c(-c3ccccc3)c([2H])c2[2H])c1[2H]. The summed E-state index contributed by atoms with van der Waals surface area (Å²) in [5.74, 6) is 0. The second-order valence-corrected chi connectivity index (χ2v) is 11.6. The van der Waals surface area contributed by atoms with Crippen LogP contribution in [0.5, 0.6) is 0 Å². The second-order valence-electron chi connectivity index (χ2n) is 11.6. The molecule has 0 amide bonds. The zero-order chi connectivity index (χ0) is 36.6. The molecular formula is C43H33N. The van der Waals surface area contributed by atoms with Crippen molar-refractivity contribution in [2.24, 2.45) is 0 Å². The van der Waals surface area contributed by atoms with Crippen LogP contribution in [0.3, 0.4) is 0 Å². The van der Waals surface area contributed by atoms with E-state index < -0.39 is 17.5 Å². The Hall–Kier alpha value is -5.40. The minimum Gasteiger partial charge on any atom is -0.310 e. The van der Waals surface area contributed by atoms with E-state index in [0.29, 0.717) is 16.8 Å². The van der Waals surface area contributed by atoms with Crippen molar-refractivity contribution < 1.29 is 11.0 Å². The highest BCUT2D eigenvalue weighted by atomic mass is 15.1. The first-order valence-corrected chi connectivity index (χ1v) is 14.7. The third-order valence-electron chi connectivity index (χ3n) is 8.62. The molecule has 1 aliphatic rings. The molecule has 8 rings (SSSR count). The number of anilines is 3. The van der Waals surface area contributed by atoms with E-state index in [9.17, 15) is 8.22 Å². The molecule has 0 aliphatic heterocycles. The van der Waals surface area contributed by atoms with Crippen LogP contribution in [0.15, 0.2) is 164 Å². The molecule has 44 heavy (non-hydrogen) atoms. The maximum atomic E-state index is 9.75. The molecule has 0 atom stereocenters. The summed E-state index contributed by atoms with van der Waals surface area (Å²) >= 11 is 0. The first-order valence-electron chi connectivity index (χ1n) is 18.7. The van der Waals surface area contributed by atoms with Crippen molar-refractivity contribution in [3.05, 3.63) is 175 Å². The highest BCUT2D eigenvalue weighted by Gasteiger charge is 2.35. The number of fused-ring (bicyclic) bond motifs is 4. The fourth-order valence-electron chi connectivity index (χ4n) is 6.39. The Labute approximate surface area is 270 Å². The number of hydrogen-bond acceptors (Lipinski definition) is 1. The summed E-state index contributed by atoms with van der Waals surface area (Å²) < 4.78 is 74.3. The van der Waals surface area contributed by atoms with Gasteiger partial charge in [-0.05, 0) is 91.6 Å². The summed E-state index contributed by atoms with van der Waals surface area (Å²) in [4.78, 5) is 1.44. The lowest BCUT2D eigenvalue weighted by molar-refractivity contribution is 0.660. The number of rotatable bonds is 5. The van der Waals surface area contributed by atoms with Crippen LogP contribution in [-0.4, -0.2) is 0 Å². The third kappa shape index (κ3) is 4.32. The Balaban J connectivity index is 1.47. The van der Waals surface area contributed by atoms with Gasteiger partial charge >= 0.3 is 0 Å². The predicted octanol–water partition coefficient (Wildman–Crippen LogP) is 11.9. The molecule has 0 spiro atoms. The smallest absolute Gasteiger partial charge is 0.0651 e. The van der Waals surface area contributed by atoms with Gasteiger partial charge in [-0.25, -0.2) is 0 Å². The molecule has 0 aromatic heterocycles. The van der Waals surface area contributed by atoms with Crippen molar-refractivity contribution in [2.75, 3.05) is 4.90 Å². The van der Waals surface area contributed by atoms with Gasteiger partial charge in [0.1, 0.15) is 0 Å². The van der Waals surface area contributed by atoms with Crippen molar-refractivity contribution in [1.82, 2.24) is 0 Å². The minimum atomic E-state index is -0.438. The molecule has 0 N–H and O–H groups in total. The van der Waals surface area contributed by atoms with Crippen LogP contribution < -0.4 is 4.90 Å². The monoisotopic (exact) mass is 571 g/mol. The normalized spacial score (nSPS) is 15.5. The molecule has 0 unspecified atom stereocenters. The fraction of sp³-hybridized carbons (Fsp3) is 0.0698. The highest BCUT2D eigenvalue weighted by molar-refractivity contribution is 5.97. The number of hydrogen-bond donors (Lipinski definition) is 0. The van der Waals surface area contributed by atoms with Crippen molar-refractivity contribution >= 4 is 27.8 Å². The Bertz CT molecular complexity index is 2560. The zero-order valence-corrected chi connectivity index (χ0v) is 24.4. The Morgan fingerprint density at radius 2 is 1.20 bits per heavy atom. The van der Waals surface area contributed by atoms with Gasteiger partial charge in [-0.3, -0.25) is 0 Å². The van der Waals surface area contributed by atoms with E-state index in [1.54, 1.807) is 30.3 Å². The standard InChI is InChI=1S/C43H33N/c1-43(2)41-21-9-8-19-39(41)40-27-26-36(29-42(40)43)44(34-24-22-31(23-25-34)30-12-4-3-5-13-30)35-17-10-16-33(28-35)38-20-11-15-32-14-6-7-18-37(32)38/h3-29H,1-2H3/i10D,16D,17D,22D,23D,24D,25D,28D. The summed E-state index contributed by atoms with van der Waals surface area (Å²) in [6, 6.07) is 33.3. The van der Waals surface area contributed by atoms with Crippen LogP contribution in [0.25, 0.3) is 44.2 Å². The van der Waals surface area contributed by atoms with E-state index in [1.165, 1.54) is 4.90 Å². The number of nitrogens with zero attached hydrogens (tertiary/aromatic N) is 1. The van der Waals surface area contributed by atoms with E-state index in [2.05, 4.69) is 26.0 Å². The molecule has 7 aromatic carbocycles. The van der Waals surface area contributed by atoms with Gasteiger partial charge in [-0.2, -0.15) is 0 Å². The quantitative estimate of drug-likeness (QED) is 0.199. The van der Waals surface area contributed by atoms with Gasteiger partial charge in [0.25, 0.3) is 0 Å². The van der Waals surface area contributed by atoms with Gasteiger partial charge in [-0.1, -0.05) is 141 Å². The van der Waals surface area contributed by atoms with E-state index >= 15 is 0 Å². The molecule has 7 aromatic rings. The average Bonchev–Trinajstić information content (AvgIpc) is 3.38. The van der Waals surface area contributed by atoms with Crippen LogP contribution in [0, 0.1) is 0 Å². The minimum absolute atomic E-state index is 0.106. The van der Waals surface area contributed by atoms with Gasteiger partial charge in [0.15, 0.2) is 0 Å². The second kappa shape index (κ2) is 10.4. The molecule has 1 aliphatic carbocycles. The molecule has 0 saturated carbocycles. The largest absolute Gasteiger partial charge is 0.310 e. The van der Waals surface area contributed by atoms with Crippen LogP contribution in [0.1, 0.15) is 35.9 Å². The maximum Gasteiger partial charge on any atom is 0.0651 e. The van der Waals surface area contributed by atoms with Crippen LogP contribution >= 0.6 is 0 Å². The zero-order valence-electron chi connectivity index (χ0n) is 32.4. The van der Waals surface area contributed by atoms with Crippen LogP contribution in [-0.2, 0) is 5.41 Å². The molecule has 1 nitrogen and oxygen atoms in total. The number of benzene rings is 7. The van der Waals surface area contributed by atoms with Gasteiger partial charge in [0.05, 0.1) is 11.0 Å². The van der Waals surface area contributed by atoms with Gasteiger partial charge in [0, 0.05) is 22.5 Å². The molecule has 0 radical (unpaired) electrons. The molecule has 0 saturated heterocycles. The lowest BCUT2D eigenvalue weighted by Gasteiger charge is -2.28. The summed E-state index contributed by atoms with van der Waals surface area (Å²) in [6.45, 7) is 4.24. The molecule has 210 valence electrons. The lowest BCUT2D eigenvalue weighted by atomic mass is 9.82. The fourth-order valence-corrected chi connectivity index (χ4v) is 6.39. The first-order chi connectivity index (χ1) is 24.9. The Morgan fingerprint density at radius 1 is 0.500 bits per heavy atom. The topological polar surface area (TPSA) is 3.24 Å². The third-order valence-corrected chi connectivity index (χ3v) is 8.62. The molecule has 0 fully saturated rings. The van der Waals surface area contributed by atoms with E-state index in [0.717, 1.165) is 33.0 Å². The molecular weight excluding hydrogens is 530 g/mol. The molecule has 0 bridgehead atoms. The molecule has 1 heteroatoms. The van der Waals surface area contributed by atoms with E-state index in [4.69, 9.17) is 2.74 Å². The lowest BCUT2D eigenvalue weighted by Crippen LogP contribution is -2.16. The summed E-state index contributed by atoms with van der Waals surface area (Å²) in [5, 5.41) is 1.66. The molecule has 0 heterocycles. The summed E-state index contributed by atoms with van der Waals surface area (Å²) in [7, 11) is 0. The van der Waals surface area contributed by atoms with Crippen molar-refractivity contribution in [1.29, 1.82) is 0 Å². The van der Waals surface area contributed by atoms with Crippen molar-refractivity contribution in [3.8, 4) is 33.4 Å². The van der Waals surface area contributed by atoms with Crippen molar-refractivity contribution in [2.45, 2.75) is 19.3 Å². The Morgan fingerprint density at radius 3 is 2.07 bits per heavy atom. The van der Waals surface area contributed by atoms with Gasteiger partial charge in [0.2, 0.25) is 0 Å². The predicted molar refractivity (Wildman–Crippen MR) is 187 cm³/mol. The van der Waals surface area contributed by atoms with Crippen LogP contribution in [0.4, 0.5) is 17.1 Å². The van der Waals surface area contributed by atoms with Crippen LogP contribution in [0.2, 0.25) is 0 Å². The van der Waals surface area contributed by atoms with Crippen molar-refractivity contribution in [3.63, 3.8) is 0 Å². The van der Waals surface area contributed by atoms with Gasteiger partial charge < -0.3 is 4.90 Å². The highest BCUT2D eigenvalue weighted by Crippen LogP contribution is 2.50. The summed E-state index contributed by atoms with van der Waals surface area (Å²) in [5.41, 5.74) is 5.28. The Kier molecular flexibility index (Phi) is 4.49. The first kappa shape index (κ1) is 19.0. The average molecular weight is 572 g/mol. The maximum absolute atomic E-state index is 9.75.